The monoisotopic (exact) mass is 237 g/mol. The van der Waals surface area contributed by atoms with E-state index in [-0.39, 0.29) is 17.3 Å². The van der Waals surface area contributed by atoms with Crippen molar-refractivity contribution in [2.24, 2.45) is 0 Å². The Kier molecular flexibility index (Phi) is 4.08. The Balaban J connectivity index is 3.27. The summed E-state index contributed by atoms with van der Waals surface area (Å²) in [5, 5.41) is 0. The van der Waals surface area contributed by atoms with Gasteiger partial charge in [0.25, 0.3) is 6.43 Å². The van der Waals surface area contributed by atoms with Gasteiger partial charge in [0.15, 0.2) is 0 Å². The Morgan fingerprint density at radius 1 is 1.33 bits per heavy atom. The van der Waals surface area contributed by atoms with Gasteiger partial charge in [0, 0.05) is 6.07 Å². The van der Waals surface area contributed by atoms with E-state index in [0.717, 1.165) is 0 Å². The van der Waals surface area contributed by atoms with Gasteiger partial charge in [-0.05, 0) is 0 Å². The number of ether oxygens (including phenoxy) is 2. The highest BCUT2D eigenvalue weighted by atomic mass is 35.5. The SMILES string of the molecule is COc1cc(OC)c(C(F)F)nc1CCl. The zero-order valence-electron chi connectivity index (χ0n) is 8.26. The minimum absolute atomic E-state index is 0.00397. The first-order valence-electron chi connectivity index (χ1n) is 4.10. The zero-order chi connectivity index (χ0) is 11.4. The van der Waals surface area contributed by atoms with Crippen LogP contribution in [0.3, 0.4) is 0 Å². The third-order valence-electron chi connectivity index (χ3n) is 1.83. The fraction of sp³-hybridized carbons (Fsp3) is 0.444. The van der Waals surface area contributed by atoms with Gasteiger partial charge in [-0.1, -0.05) is 0 Å². The molecule has 15 heavy (non-hydrogen) atoms. The Bertz CT molecular complexity index is 347. The van der Waals surface area contributed by atoms with Crippen molar-refractivity contribution in [3.63, 3.8) is 0 Å². The fourth-order valence-electron chi connectivity index (χ4n) is 1.12. The predicted molar refractivity (Wildman–Crippen MR) is 51.9 cm³/mol. The van der Waals surface area contributed by atoms with Gasteiger partial charge < -0.3 is 9.47 Å². The van der Waals surface area contributed by atoms with Crippen LogP contribution in [0.15, 0.2) is 6.07 Å². The van der Waals surface area contributed by atoms with Crippen molar-refractivity contribution < 1.29 is 18.3 Å². The van der Waals surface area contributed by atoms with Crippen LogP contribution in [0.25, 0.3) is 0 Å². The molecule has 1 aromatic heterocycles. The summed E-state index contributed by atoms with van der Waals surface area (Å²) in [5.41, 5.74) is -0.149. The molecule has 0 atom stereocenters. The molecule has 1 heterocycles. The summed E-state index contributed by atoms with van der Waals surface area (Å²) in [5.74, 6) is 0.342. The lowest BCUT2D eigenvalue weighted by Gasteiger charge is -2.11. The summed E-state index contributed by atoms with van der Waals surface area (Å²) in [4.78, 5) is 3.70. The highest BCUT2D eigenvalue weighted by Crippen LogP contribution is 2.32. The molecule has 0 bridgehead atoms. The third-order valence-corrected chi connectivity index (χ3v) is 2.08. The van der Waals surface area contributed by atoms with E-state index in [1.165, 1.54) is 20.3 Å². The van der Waals surface area contributed by atoms with Gasteiger partial charge in [-0.25, -0.2) is 13.8 Å². The maximum Gasteiger partial charge on any atom is 0.284 e. The van der Waals surface area contributed by atoms with E-state index in [1.54, 1.807) is 0 Å². The summed E-state index contributed by atoms with van der Waals surface area (Å²) >= 11 is 5.55. The van der Waals surface area contributed by atoms with Crippen LogP contribution in [0.1, 0.15) is 17.8 Å². The molecule has 0 N–H and O–H groups in total. The number of aromatic nitrogens is 1. The number of alkyl halides is 3. The van der Waals surface area contributed by atoms with E-state index in [9.17, 15) is 8.78 Å². The molecule has 0 aliphatic rings. The molecule has 0 unspecified atom stereocenters. The van der Waals surface area contributed by atoms with Crippen LogP contribution in [0.2, 0.25) is 0 Å². The minimum Gasteiger partial charge on any atom is -0.495 e. The molecule has 0 radical (unpaired) electrons. The minimum atomic E-state index is -2.70. The molecule has 0 aliphatic carbocycles. The average molecular weight is 238 g/mol. The summed E-state index contributed by atoms with van der Waals surface area (Å²) in [6, 6.07) is 1.35. The number of halogens is 3. The zero-order valence-corrected chi connectivity index (χ0v) is 9.02. The summed E-state index contributed by atoms with van der Waals surface area (Å²) in [6.07, 6.45) is -2.70. The Morgan fingerprint density at radius 3 is 2.33 bits per heavy atom. The maximum atomic E-state index is 12.5. The molecule has 0 spiro atoms. The summed E-state index contributed by atoms with van der Waals surface area (Å²) < 4.78 is 34.8. The fourth-order valence-corrected chi connectivity index (χ4v) is 1.32. The normalized spacial score (nSPS) is 10.5. The first-order chi connectivity index (χ1) is 7.13. The van der Waals surface area contributed by atoms with Crippen molar-refractivity contribution in [2.45, 2.75) is 12.3 Å². The van der Waals surface area contributed by atoms with Gasteiger partial charge in [-0.3, -0.25) is 0 Å². The van der Waals surface area contributed by atoms with Crippen LogP contribution in [-0.2, 0) is 5.88 Å². The van der Waals surface area contributed by atoms with Crippen LogP contribution >= 0.6 is 11.6 Å². The molecule has 0 aliphatic heterocycles. The second kappa shape index (κ2) is 5.11. The standard InChI is InChI=1S/C9H10ClF2NO2/c1-14-6-3-7(15-2)8(9(11)12)13-5(6)4-10/h3,9H,4H2,1-2H3. The summed E-state index contributed by atoms with van der Waals surface area (Å²) in [7, 11) is 2.71. The van der Waals surface area contributed by atoms with E-state index < -0.39 is 12.1 Å². The Labute approximate surface area is 91.0 Å². The number of hydrogen-bond donors (Lipinski definition) is 0. The van der Waals surface area contributed by atoms with E-state index in [0.29, 0.717) is 5.75 Å². The van der Waals surface area contributed by atoms with Crippen molar-refractivity contribution >= 4 is 11.6 Å². The first-order valence-corrected chi connectivity index (χ1v) is 4.63. The molecule has 6 heteroatoms. The van der Waals surface area contributed by atoms with E-state index in [1.807, 2.05) is 0 Å². The Hall–Kier alpha value is -1.10. The van der Waals surface area contributed by atoms with Crippen LogP contribution < -0.4 is 9.47 Å². The number of methoxy groups -OCH3 is 2. The van der Waals surface area contributed by atoms with Crippen LogP contribution in [-0.4, -0.2) is 19.2 Å². The van der Waals surface area contributed by atoms with Gasteiger partial charge in [0.1, 0.15) is 17.2 Å². The van der Waals surface area contributed by atoms with Crippen molar-refractivity contribution in [3.05, 3.63) is 17.5 Å². The molecule has 3 nitrogen and oxygen atoms in total. The highest BCUT2D eigenvalue weighted by Gasteiger charge is 2.19. The molecule has 1 aromatic rings. The molecule has 0 saturated carbocycles. The molecule has 1 rings (SSSR count). The molecule has 0 amide bonds. The van der Waals surface area contributed by atoms with Gasteiger partial charge in [0.2, 0.25) is 0 Å². The lowest BCUT2D eigenvalue weighted by molar-refractivity contribution is 0.141. The number of nitrogens with zero attached hydrogens (tertiary/aromatic N) is 1. The summed E-state index contributed by atoms with van der Waals surface area (Å²) in [6.45, 7) is 0. The van der Waals surface area contributed by atoms with Gasteiger partial charge in [0.05, 0.1) is 25.8 Å². The van der Waals surface area contributed by atoms with E-state index >= 15 is 0 Å². The second-order valence-corrected chi connectivity index (χ2v) is 2.93. The van der Waals surface area contributed by atoms with Gasteiger partial charge in [-0.15, -0.1) is 11.6 Å². The van der Waals surface area contributed by atoms with E-state index in [4.69, 9.17) is 21.1 Å². The molecule has 84 valence electrons. The van der Waals surface area contributed by atoms with Crippen LogP contribution in [0.5, 0.6) is 11.5 Å². The Morgan fingerprint density at radius 2 is 1.93 bits per heavy atom. The predicted octanol–water partition coefficient (Wildman–Crippen LogP) is 2.78. The largest absolute Gasteiger partial charge is 0.495 e. The topological polar surface area (TPSA) is 31.4 Å². The van der Waals surface area contributed by atoms with Gasteiger partial charge >= 0.3 is 0 Å². The molecular weight excluding hydrogens is 228 g/mol. The van der Waals surface area contributed by atoms with Gasteiger partial charge in [-0.2, -0.15) is 0 Å². The van der Waals surface area contributed by atoms with Crippen LogP contribution in [0.4, 0.5) is 8.78 Å². The molecule has 0 fully saturated rings. The molecular formula is C9H10ClF2NO2. The van der Waals surface area contributed by atoms with Crippen molar-refractivity contribution in [1.82, 2.24) is 4.98 Å². The third kappa shape index (κ3) is 2.47. The highest BCUT2D eigenvalue weighted by molar-refractivity contribution is 6.17. The first kappa shape index (κ1) is 12.0. The number of pyridine rings is 1. The average Bonchev–Trinajstić information content (AvgIpc) is 2.26. The second-order valence-electron chi connectivity index (χ2n) is 2.66. The molecule has 0 saturated heterocycles. The molecule has 0 aromatic carbocycles. The van der Waals surface area contributed by atoms with Crippen molar-refractivity contribution in [1.29, 1.82) is 0 Å². The smallest absolute Gasteiger partial charge is 0.284 e. The van der Waals surface area contributed by atoms with Crippen molar-refractivity contribution in [3.8, 4) is 11.5 Å². The number of rotatable bonds is 4. The van der Waals surface area contributed by atoms with Crippen LogP contribution in [0, 0.1) is 0 Å². The van der Waals surface area contributed by atoms with Crippen molar-refractivity contribution in [2.75, 3.05) is 14.2 Å². The number of hydrogen-bond acceptors (Lipinski definition) is 3. The lowest BCUT2D eigenvalue weighted by atomic mass is 10.2. The van der Waals surface area contributed by atoms with E-state index in [2.05, 4.69) is 4.98 Å². The quantitative estimate of drug-likeness (QED) is 0.755. The lowest BCUT2D eigenvalue weighted by Crippen LogP contribution is -2.02. The maximum absolute atomic E-state index is 12.5.